The van der Waals surface area contributed by atoms with Gasteiger partial charge in [0.15, 0.2) is 5.82 Å². The molecule has 0 saturated carbocycles. The van der Waals surface area contributed by atoms with E-state index in [4.69, 9.17) is 4.74 Å². The summed E-state index contributed by atoms with van der Waals surface area (Å²) in [5.74, 6) is 0.563. The first-order chi connectivity index (χ1) is 15.3. The van der Waals surface area contributed by atoms with Crippen molar-refractivity contribution in [3.8, 4) is 17.4 Å². The van der Waals surface area contributed by atoms with E-state index in [9.17, 15) is 4.79 Å². The molecule has 0 aliphatic rings. The Labute approximate surface area is 188 Å². The van der Waals surface area contributed by atoms with Crippen molar-refractivity contribution in [3.63, 3.8) is 0 Å². The molecule has 2 rings (SSSR count). The summed E-state index contributed by atoms with van der Waals surface area (Å²) in [5.41, 5.74) is 0.882. The van der Waals surface area contributed by atoms with Crippen molar-refractivity contribution >= 4 is 5.91 Å². The maximum Gasteiger partial charge on any atom is 0.336 e. The first kappa shape index (κ1) is 25.1. The van der Waals surface area contributed by atoms with Crippen molar-refractivity contribution in [2.24, 2.45) is 0 Å². The zero-order chi connectivity index (χ0) is 22.2. The van der Waals surface area contributed by atoms with Crippen LogP contribution in [0.2, 0.25) is 0 Å². The van der Waals surface area contributed by atoms with Gasteiger partial charge in [0.05, 0.1) is 6.61 Å². The smallest absolute Gasteiger partial charge is 0.336 e. The molecule has 0 fully saturated rings. The van der Waals surface area contributed by atoms with Gasteiger partial charge in [-0.15, -0.1) is 5.10 Å². The summed E-state index contributed by atoms with van der Waals surface area (Å²) >= 11 is 0. The Morgan fingerprint density at radius 1 is 0.806 bits per heavy atom. The van der Waals surface area contributed by atoms with Crippen LogP contribution in [0.3, 0.4) is 0 Å². The molecule has 0 aliphatic carbocycles. The fraction of sp³-hybridized carbons (Fsp3) is 0.654. The monoisotopic (exact) mass is 427 g/mol. The van der Waals surface area contributed by atoms with Gasteiger partial charge in [-0.3, -0.25) is 4.79 Å². The molecule has 31 heavy (non-hydrogen) atoms. The highest BCUT2D eigenvalue weighted by Crippen LogP contribution is 2.21. The van der Waals surface area contributed by atoms with Crippen LogP contribution in [0.1, 0.15) is 109 Å². The molecule has 172 valence electrons. The van der Waals surface area contributed by atoms with E-state index >= 15 is 0 Å². The third-order valence-corrected chi connectivity index (χ3v) is 5.58. The predicted molar refractivity (Wildman–Crippen MR) is 128 cm³/mol. The van der Waals surface area contributed by atoms with Crippen molar-refractivity contribution in [1.82, 2.24) is 14.8 Å². The number of nitrogens with zero attached hydrogens (tertiary/aromatic N) is 3. The molecule has 0 radical (unpaired) electrons. The minimum absolute atomic E-state index is 0.00683. The molecule has 2 aromatic rings. The van der Waals surface area contributed by atoms with Gasteiger partial charge in [-0.25, -0.2) is 0 Å². The fourth-order valence-electron chi connectivity index (χ4n) is 3.66. The van der Waals surface area contributed by atoms with Crippen LogP contribution in [0, 0.1) is 0 Å². The summed E-state index contributed by atoms with van der Waals surface area (Å²) in [5, 5.41) is 4.36. The Balaban J connectivity index is 1.76. The summed E-state index contributed by atoms with van der Waals surface area (Å²) in [7, 11) is 0. The Hall–Kier alpha value is -2.17. The summed E-state index contributed by atoms with van der Waals surface area (Å²) in [4.78, 5) is 17.3. The van der Waals surface area contributed by atoms with Crippen molar-refractivity contribution in [2.75, 3.05) is 6.61 Å². The predicted octanol–water partition coefficient (Wildman–Crippen LogP) is 7.47. The van der Waals surface area contributed by atoms with E-state index in [1.807, 2.05) is 30.3 Å². The highest BCUT2D eigenvalue weighted by atomic mass is 16.5. The minimum Gasteiger partial charge on any atom is -0.462 e. The van der Waals surface area contributed by atoms with Crippen molar-refractivity contribution in [1.29, 1.82) is 0 Å². The van der Waals surface area contributed by atoms with Crippen LogP contribution in [-0.4, -0.2) is 27.3 Å². The van der Waals surface area contributed by atoms with Crippen LogP contribution in [0.4, 0.5) is 0 Å². The highest BCUT2D eigenvalue weighted by Gasteiger charge is 2.18. The van der Waals surface area contributed by atoms with Crippen LogP contribution in [0.5, 0.6) is 6.01 Å². The van der Waals surface area contributed by atoms with E-state index in [0.29, 0.717) is 24.9 Å². The van der Waals surface area contributed by atoms with Crippen LogP contribution < -0.4 is 4.74 Å². The van der Waals surface area contributed by atoms with E-state index in [-0.39, 0.29) is 5.91 Å². The molecule has 0 bridgehead atoms. The largest absolute Gasteiger partial charge is 0.462 e. The number of aromatic nitrogens is 3. The molecule has 0 N–H and O–H groups in total. The van der Waals surface area contributed by atoms with Crippen LogP contribution in [0.25, 0.3) is 11.4 Å². The maximum absolute atomic E-state index is 12.8. The van der Waals surface area contributed by atoms with E-state index in [0.717, 1.165) is 31.2 Å². The van der Waals surface area contributed by atoms with Gasteiger partial charge >= 0.3 is 6.01 Å². The number of rotatable bonds is 17. The molecule has 0 spiro atoms. The fourth-order valence-corrected chi connectivity index (χ4v) is 3.66. The lowest BCUT2D eigenvalue weighted by molar-refractivity contribution is 0.0882. The molecule has 0 aliphatic heterocycles. The van der Waals surface area contributed by atoms with Crippen molar-refractivity contribution in [2.45, 2.75) is 104 Å². The van der Waals surface area contributed by atoms with Gasteiger partial charge in [0.1, 0.15) is 0 Å². The molecule has 5 heteroatoms. The van der Waals surface area contributed by atoms with Crippen LogP contribution in [-0.2, 0) is 0 Å². The molecule has 1 aromatic heterocycles. The lowest BCUT2D eigenvalue weighted by Gasteiger charge is -2.05. The number of carbonyl (C=O) groups is 1. The van der Waals surface area contributed by atoms with Gasteiger partial charge in [0.2, 0.25) is 5.91 Å². The second kappa shape index (κ2) is 15.6. The minimum atomic E-state index is -0.00683. The summed E-state index contributed by atoms with van der Waals surface area (Å²) in [6.07, 6.45) is 16.5. The Morgan fingerprint density at radius 2 is 1.39 bits per heavy atom. The molecule has 5 nitrogen and oxygen atoms in total. The third-order valence-electron chi connectivity index (χ3n) is 5.58. The van der Waals surface area contributed by atoms with Gasteiger partial charge in [-0.1, -0.05) is 115 Å². The summed E-state index contributed by atoms with van der Waals surface area (Å²) in [6, 6.07) is 10.0. The number of hydrogen-bond donors (Lipinski definition) is 0. The maximum atomic E-state index is 12.8. The Kier molecular flexibility index (Phi) is 12.6. The number of ether oxygens (including phenoxy) is 1. The van der Waals surface area contributed by atoms with Crippen molar-refractivity contribution < 1.29 is 9.53 Å². The van der Waals surface area contributed by atoms with Crippen LogP contribution >= 0.6 is 0 Å². The summed E-state index contributed by atoms with van der Waals surface area (Å²) < 4.78 is 7.09. The average molecular weight is 428 g/mol. The standard InChI is InChI=1S/C26H41N3O2/c1-3-5-7-8-9-10-11-12-13-14-18-21-24(30)29-25(23-19-16-15-17-20-23)27-26(28-29)31-22-6-4-2/h15-17,19-20H,3-14,18,21-22H2,1-2H3. The van der Waals surface area contributed by atoms with E-state index in [1.165, 1.54) is 62.5 Å². The zero-order valence-electron chi connectivity index (χ0n) is 19.7. The van der Waals surface area contributed by atoms with Gasteiger partial charge in [-0.2, -0.15) is 9.67 Å². The van der Waals surface area contributed by atoms with Gasteiger partial charge in [-0.05, 0) is 12.8 Å². The lowest BCUT2D eigenvalue weighted by Crippen LogP contribution is -2.14. The zero-order valence-corrected chi connectivity index (χ0v) is 19.7. The lowest BCUT2D eigenvalue weighted by atomic mass is 10.1. The SMILES string of the molecule is CCCCCCCCCCCCCC(=O)n1nc(OCCCC)nc1-c1ccccc1. The Morgan fingerprint density at radius 3 is 2.00 bits per heavy atom. The third kappa shape index (κ3) is 9.67. The first-order valence-electron chi connectivity index (χ1n) is 12.4. The Bertz CT molecular complexity index is 728. The second-order valence-electron chi connectivity index (χ2n) is 8.38. The van der Waals surface area contributed by atoms with E-state index in [1.54, 1.807) is 0 Å². The van der Waals surface area contributed by atoms with Gasteiger partial charge in [0.25, 0.3) is 0 Å². The van der Waals surface area contributed by atoms with E-state index in [2.05, 4.69) is 23.9 Å². The van der Waals surface area contributed by atoms with Gasteiger partial charge in [0, 0.05) is 12.0 Å². The number of hydrogen-bond acceptors (Lipinski definition) is 4. The molecular formula is C26H41N3O2. The number of benzene rings is 1. The van der Waals surface area contributed by atoms with E-state index < -0.39 is 0 Å². The number of unbranched alkanes of at least 4 members (excludes halogenated alkanes) is 11. The van der Waals surface area contributed by atoms with Gasteiger partial charge < -0.3 is 4.74 Å². The van der Waals surface area contributed by atoms with Crippen molar-refractivity contribution in [3.05, 3.63) is 30.3 Å². The molecule has 0 unspecified atom stereocenters. The molecule has 0 saturated heterocycles. The quantitative estimate of drug-likeness (QED) is 0.246. The molecule has 1 heterocycles. The first-order valence-corrected chi connectivity index (χ1v) is 12.4. The van der Waals surface area contributed by atoms with Crippen LogP contribution in [0.15, 0.2) is 30.3 Å². The molecule has 0 amide bonds. The topological polar surface area (TPSA) is 57.0 Å². The average Bonchev–Trinajstić information content (AvgIpc) is 3.22. The molecule has 1 aromatic carbocycles. The normalized spacial score (nSPS) is 11.0. The summed E-state index contributed by atoms with van der Waals surface area (Å²) in [6.45, 7) is 4.94. The second-order valence-corrected chi connectivity index (χ2v) is 8.38. The number of carbonyl (C=O) groups excluding carboxylic acids is 1. The highest BCUT2D eigenvalue weighted by molar-refractivity contribution is 5.82. The molecule has 0 atom stereocenters. The molecular weight excluding hydrogens is 386 g/mol.